The van der Waals surface area contributed by atoms with E-state index in [2.05, 4.69) is 10.3 Å². The van der Waals surface area contributed by atoms with Gasteiger partial charge in [-0.3, -0.25) is 0 Å². The maximum Gasteiger partial charge on any atom is 0.417 e. The molecule has 1 heterocycles. The lowest BCUT2D eigenvalue weighted by Crippen LogP contribution is -2.10. The van der Waals surface area contributed by atoms with Crippen LogP contribution in [-0.2, 0) is 10.9 Å². The van der Waals surface area contributed by atoms with E-state index >= 15 is 0 Å². The van der Waals surface area contributed by atoms with Gasteiger partial charge in [0.05, 0.1) is 40.9 Å². The number of imidazole rings is 1. The number of benzene rings is 2. The van der Waals surface area contributed by atoms with Crippen molar-refractivity contribution in [3.8, 4) is 6.07 Å². The average molecular weight is 402 g/mol. The summed E-state index contributed by atoms with van der Waals surface area (Å²) in [7, 11) is 1.27. The van der Waals surface area contributed by atoms with Crippen LogP contribution in [0, 0.1) is 11.3 Å². The molecule has 0 radical (unpaired) electrons. The van der Waals surface area contributed by atoms with E-state index in [1.54, 1.807) is 34.9 Å². The molecule has 29 heavy (non-hydrogen) atoms. The summed E-state index contributed by atoms with van der Waals surface area (Å²) in [6, 6.07) is 9.91. The van der Waals surface area contributed by atoms with E-state index in [0.717, 1.165) is 12.1 Å². The van der Waals surface area contributed by atoms with E-state index in [4.69, 9.17) is 10.00 Å². The van der Waals surface area contributed by atoms with Gasteiger partial charge in [-0.1, -0.05) is 6.07 Å². The van der Waals surface area contributed by atoms with Crippen molar-refractivity contribution in [3.63, 3.8) is 0 Å². The summed E-state index contributed by atoms with van der Waals surface area (Å²) in [4.78, 5) is 16.1. The van der Waals surface area contributed by atoms with Gasteiger partial charge in [0.1, 0.15) is 0 Å². The van der Waals surface area contributed by atoms with Gasteiger partial charge >= 0.3 is 12.1 Å². The van der Waals surface area contributed by atoms with Crippen molar-refractivity contribution < 1.29 is 22.7 Å². The Labute approximate surface area is 164 Å². The molecule has 3 rings (SSSR count). The van der Waals surface area contributed by atoms with E-state index in [1.807, 2.05) is 13.8 Å². The van der Waals surface area contributed by atoms with E-state index in [1.165, 1.54) is 7.11 Å². The molecule has 0 fully saturated rings. The number of hydrogen-bond acceptors (Lipinski definition) is 5. The normalized spacial score (nSPS) is 11.5. The van der Waals surface area contributed by atoms with Crippen LogP contribution in [0.2, 0.25) is 0 Å². The van der Waals surface area contributed by atoms with Gasteiger partial charge < -0.3 is 14.6 Å². The van der Waals surface area contributed by atoms with Gasteiger partial charge in [-0.05, 0) is 44.2 Å². The first kappa shape index (κ1) is 20.2. The molecular formula is C20H17F3N4O2. The summed E-state index contributed by atoms with van der Waals surface area (Å²) in [6.07, 6.45) is -4.66. The number of aromatic nitrogens is 2. The molecule has 0 saturated heterocycles. The van der Waals surface area contributed by atoms with Gasteiger partial charge in [0, 0.05) is 11.7 Å². The van der Waals surface area contributed by atoms with Gasteiger partial charge in [0.25, 0.3) is 0 Å². The standard InChI is InChI=1S/C20H17F3N4O2/c1-11(2)27-17-9-15(20(21,22)23)13(10-24)8-16(17)26-19(27)25-14-6-4-5-12(7-14)18(28)29-3/h4-9,11H,1-3H3,(H,25,26). The Balaban J connectivity index is 2.15. The second-order valence-corrected chi connectivity index (χ2v) is 6.59. The van der Waals surface area contributed by atoms with Crippen molar-refractivity contribution in [1.29, 1.82) is 5.26 Å². The topological polar surface area (TPSA) is 79.9 Å². The van der Waals surface area contributed by atoms with Crippen LogP contribution in [-0.4, -0.2) is 22.6 Å². The zero-order valence-corrected chi connectivity index (χ0v) is 15.8. The van der Waals surface area contributed by atoms with Crippen LogP contribution in [0.25, 0.3) is 11.0 Å². The number of ether oxygens (including phenoxy) is 1. The maximum atomic E-state index is 13.4. The average Bonchev–Trinajstić information content (AvgIpc) is 3.02. The fraction of sp³-hybridized carbons (Fsp3) is 0.250. The summed E-state index contributed by atoms with van der Waals surface area (Å²) >= 11 is 0. The number of rotatable bonds is 4. The lowest BCUT2D eigenvalue weighted by molar-refractivity contribution is -0.137. The Morgan fingerprint density at radius 1 is 1.28 bits per heavy atom. The number of carbonyl (C=O) groups excluding carboxylic acids is 1. The Kier molecular flexibility index (Phi) is 5.20. The number of esters is 1. The minimum atomic E-state index is -4.66. The van der Waals surface area contributed by atoms with Crippen LogP contribution in [0.1, 0.15) is 41.4 Å². The molecule has 0 atom stereocenters. The van der Waals surface area contributed by atoms with Crippen LogP contribution in [0.15, 0.2) is 36.4 Å². The molecule has 0 unspecified atom stereocenters. The summed E-state index contributed by atoms with van der Waals surface area (Å²) in [5.74, 6) is -0.222. The lowest BCUT2D eigenvalue weighted by Gasteiger charge is -2.15. The van der Waals surface area contributed by atoms with Crippen LogP contribution in [0.5, 0.6) is 0 Å². The number of alkyl halides is 3. The molecule has 1 N–H and O–H groups in total. The molecule has 1 aromatic heterocycles. The third-order valence-corrected chi connectivity index (χ3v) is 4.31. The first-order valence-electron chi connectivity index (χ1n) is 8.64. The van der Waals surface area contributed by atoms with Crippen LogP contribution < -0.4 is 5.32 Å². The fourth-order valence-corrected chi connectivity index (χ4v) is 3.05. The molecule has 6 nitrogen and oxygen atoms in total. The highest BCUT2D eigenvalue weighted by Crippen LogP contribution is 2.36. The first-order valence-corrected chi connectivity index (χ1v) is 8.64. The molecule has 3 aromatic rings. The number of nitrogens with one attached hydrogen (secondary N) is 1. The third kappa shape index (κ3) is 3.87. The third-order valence-electron chi connectivity index (χ3n) is 4.31. The molecule has 2 aromatic carbocycles. The van der Waals surface area contributed by atoms with Gasteiger partial charge in [0.2, 0.25) is 5.95 Å². The van der Waals surface area contributed by atoms with Crippen LogP contribution >= 0.6 is 0 Å². The Morgan fingerprint density at radius 3 is 2.59 bits per heavy atom. The second-order valence-electron chi connectivity index (χ2n) is 6.59. The first-order chi connectivity index (χ1) is 13.7. The van der Waals surface area contributed by atoms with Crippen molar-refractivity contribution in [3.05, 3.63) is 53.1 Å². The molecule has 150 valence electrons. The summed E-state index contributed by atoms with van der Waals surface area (Å²) in [5.41, 5.74) is -0.156. The van der Waals surface area contributed by atoms with Gasteiger partial charge in [-0.25, -0.2) is 9.78 Å². The number of anilines is 2. The zero-order chi connectivity index (χ0) is 21.3. The number of halogens is 3. The predicted molar refractivity (Wildman–Crippen MR) is 101 cm³/mol. The minimum Gasteiger partial charge on any atom is -0.465 e. The van der Waals surface area contributed by atoms with Crippen molar-refractivity contribution in [2.75, 3.05) is 12.4 Å². The Bertz CT molecular complexity index is 1130. The minimum absolute atomic E-state index is 0.222. The van der Waals surface area contributed by atoms with Crippen molar-refractivity contribution >= 4 is 28.6 Å². The van der Waals surface area contributed by atoms with Gasteiger partial charge in [0.15, 0.2) is 0 Å². The van der Waals surface area contributed by atoms with Gasteiger partial charge in [-0.15, -0.1) is 0 Å². The molecule has 0 spiro atoms. The highest BCUT2D eigenvalue weighted by atomic mass is 19.4. The van der Waals surface area contributed by atoms with Crippen molar-refractivity contribution in [2.24, 2.45) is 0 Å². The van der Waals surface area contributed by atoms with Crippen molar-refractivity contribution in [2.45, 2.75) is 26.1 Å². The molecular weight excluding hydrogens is 385 g/mol. The Morgan fingerprint density at radius 2 is 2.00 bits per heavy atom. The highest BCUT2D eigenvalue weighted by Gasteiger charge is 2.35. The Hall–Kier alpha value is -3.54. The molecule has 0 aliphatic rings. The SMILES string of the molecule is COC(=O)c1cccc(Nc2nc3cc(C#N)c(C(F)(F)F)cc3n2C(C)C)c1. The van der Waals surface area contributed by atoms with Crippen LogP contribution in [0.4, 0.5) is 24.8 Å². The summed E-state index contributed by atoms with van der Waals surface area (Å²) in [5, 5.41) is 12.2. The van der Waals surface area contributed by atoms with Gasteiger partial charge in [-0.2, -0.15) is 18.4 Å². The maximum absolute atomic E-state index is 13.4. The van der Waals surface area contributed by atoms with E-state index in [0.29, 0.717) is 17.2 Å². The number of nitriles is 1. The molecule has 0 aliphatic heterocycles. The molecule has 9 heteroatoms. The number of hydrogen-bond donors (Lipinski definition) is 1. The van der Waals surface area contributed by atoms with E-state index < -0.39 is 23.3 Å². The molecule has 0 saturated carbocycles. The number of methoxy groups -OCH3 is 1. The second kappa shape index (κ2) is 7.47. The number of fused-ring (bicyclic) bond motifs is 1. The van der Waals surface area contributed by atoms with Crippen molar-refractivity contribution in [1.82, 2.24) is 9.55 Å². The fourth-order valence-electron chi connectivity index (χ4n) is 3.05. The van der Waals surface area contributed by atoms with E-state index in [9.17, 15) is 18.0 Å². The summed E-state index contributed by atoms with van der Waals surface area (Å²) < 4.78 is 46.4. The molecule has 0 bridgehead atoms. The lowest BCUT2D eigenvalue weighted by atomic mass is 10.1. The quantitative estimate of drug-likeness (QED) is 0.619. The van der Waals surface area contributed by atoms with Crippen LogP contribution in [0.3, 0.4) is 0 Å². The monoisotopic (exact) mass is 402 g/mol. The molecule has 0 aliphatic carbocycles. The number of carbonyl (C=O) groups is 1. The largest absolute Gasteiger partial charge is 0.465 e. The smallest absolute Gasteiger partial charge is 0.417 e. The number of nitrogens with zero attached hydrogens (tertiary/aromatic N) is 3. The molecule has 0 amide bonds. The zero-order valence-electron chi connectivity index (χ0n) is 15.8. The highest BCUT2D eigenvalue weighted by molar-refractivity contribution is 5.90. The predicted octanol–water partition coefficient (Wildman–Crippen LogP) is 5.04. The van der Waals surface area contributed by atoms with E-state index in [-0.39, 0.29) is 17.1 Å². The summed E-state index contributed by atoms with van der Waals surface area (Å²) in [6.45, 7) is 3.62.